The van der Waals surface area contributed by atoms with Crippen LogP contribution < -0.4 is 5.73 Å². The molecule has 0 aromatic carbocycles. The van der Waals surface area contributed by atoms with E-state index in [9.17, 15) is 4.79 Å². The third-order valence-corrected chi connectivity index (χ3v) is 4.01. The van der Waals surface area contributed by atoms with Gasteiger partial charge in [0.1, 0.15) is 0 Å². The molecule has 0 bridgehead atoms. The zero-order valence-electron chi connectivity index (χ0n) is 13.2. The lowest BCUT2D eigenvalue weighted by atomic mass is 9.97. The van der Waals surface area contributed by atoms with Crippen molar-refractivity contribution in [2.45, 2.75) is 78.0 Å². The molecule has 4 nitrogen and oxygen atoms in total. The lowest BCUT2D eigenvalue weighted by Crippen LogP contribution is -2.54. The summed E-state index contributed by atoms with van der Waals surface area (Å²) >= 11 is 0. The van der Waals surface area contributed by atoms with Crippen molar-refractivity contribution >= 4 is 5.91 Å². The fourth-order valence-electron chi connectivity index (χ4n) is 3.24. The second kappa shape index (κ2) is 7.25. The maximum absolute atomic E-state index is 12.5. The average Bonchev–Trinajstić information content (AvgIpc) is 2.27. The first kappa shape index (κ1) is 16.4. The minimum Gasteiger partial charge on any atom is -0.337 e. The van der Waals surface area contributed by atoms with Crippen molar-refractivity contribution in [3.05, 3.63) is 0 Å². The van der Waals surface area contributed by atoms with E-state index in [-0.39, 0.29) is 24.0 Å². The molecule has 2 atom stereocenters. The third kappa shape index (κ3) is 4.46. The molecule has 1 aliphatic rings. The molecule has 19 heavy (non-hydrogen) atoms. The van der Waals surface area contributed by atoms with Crippen molar-refractivity contribution in [3.8, 4) is 0 Å². The summed E-state index contributed by atoms with van der Waals surface area (Å²) in [6.07, 6.45) is 3.53. The molecule has 0 aliphatic carbocycles. The fourth-order valence-corrected chi connectivity index (χ4v) is 3.24. The highest BCUT2D eigenvalue weighted by molar-refractivity contribution is 5.78. The monoisotopic (exact) mass is 269 g/mol. The van der Waals surface area contributed by atoms with E-state index in [2.05, 4.69) is 39.5 Å². The van der Waals surface area contributed by atoms with Crippen LogP contribution in [-0.2, 0) is 4.79 Å². The molecular weight excluding hydrogens is 238 g/mol. The molecular formula is C15H31N3O. The molecule has 112 valence electrons. The lowest BCUT2D eigenvalue weighted by molar-refractivity contribution is -0.137. The van der Waals surface area contributed by atoms with Crippen molar-refractivity contribution in [2.75, 3.05) is 13.1 Å². The molecule has 2 N–H and O–H groups in total. The van der Waals surface area contributed by atoms with Crippen LogP contribution in [0.2, 0.25) is 0 Å². The van der Waals surface area contributed by atoms with Gasteiger partial charge in [-0.05, 0) is 54.0 Å². The number of carbonyl (C=O) groups excluding carboxylic acids is 1. The number of hydrogen-bond acceptors (Lipinski definition) is 3. The van der Waals surface area contributed by atoms with Crippen LogP contribution >= 0.6 is 0 Å². The topological polar surface area (TPSA) is 49.6 Å². The Balaban J connectivity index is 2.67. The Kier molecular flexibility index (Phi) is 6.27. The first-order valence-electron chi connectivity index (χ1n) is 7.65. The Morgan fingerprint density at radius 3 is 2.26 bits per heavy atom. The number of nitrogens with zero attached hydrogens (tertiary/aromatic N) is 2. The molecule has 1 heterocycles. The predicted molar refractivity (Wildman–Crippen MR) is 80.0 cm³/mol. The Labute approximate surface area is 118 Å². The van der Waals surface area contributed by atoms with Gasteiger partial charge in [0.15, 0.2) is 0 Å². The van der Waals surface area contributed by atoms with Gasteiger partial charge in [0.05, 0.1) is 6.54 Å². The molecule has 1 aliphatic heterocycles. The van der Waals surface area contributed by atoms with E-state index in [0.717, 1.165) is 13.0 Å². The third-order valence-electron chi connectivity index (χ3n) is 4.01. The minimum absolute atomic E-state index is 0.139. The largest absolute Gasteiger partial charge is 0.337 e. The summed E-state index contributed by atoms with van der Waals surface area (Å²) in [5.74, 6) is 0.234. The SMILES string of the molecule is CC(N)C1CCCCN1CC(=O)N(C(C)C)C(C)C. The summed E-state index contributed by atoms with van der Waals surface area (Å²) in [6, 6.07) is 1.01. The molecule has 0 radical (unpaired) electrons. The molecule has 0 aromatic heterocycles. The van der Waals surface area contributed by atoms with Gasteiger partial charge >= 0.3 is 0 Å². The average molecular weight is 269 g/mol. The van der Waals surface area contributed by atoms with Crippen molar-refractivity contribution in [1.82, 2.24) is 9.80 Å². The summed E-state index contributed by atoms with van der Waals surface area (Å²) in [7, 11) is 0. The Morgan fingerprint density at radius 2 is 1.79 bits per heavy atom. The van der Waals surface area contributed by atoms with E-state index >= 15 is 0 Å². The number of likely N-dealkylation sites (tertiary alicyclic amines) is 1. The van der Waals surface area contributed by atoms with Crippen LogP contribution in [0.15, 0.2) is 0 Å². The van der Waals surface area contributed by atoms with E-state index in [1.54, 1.807) is 0 Å². The second-order valence-electron chi connectivity index (χ2n) is 6.38. The van der Waals surface area contributed by atoms with Gasteiger partial charge in [-0.25, -0.2) is 0 Å². The summed E-state index contributed by atoms with van der Waals surface area (Å²) < 4.78 is 0. The maximum Gasteiger partial charge on any atom is 0.237 e. The number of carbonyl (C=O) groups is 1. The van der Waals surface area contributed by atoms with Gasteiger partial charge in [-0.2, -0.15) is 0 Å². The Bertz CT molecular complexity index is 281. The lowest BCUT2D eigenvalue weighted by Gasteiger charge is -2.40. The summed E-state index contributed by atoms with van der Waals surface area (Å²) in [4.78, 5) is 16.8. The number of rotatable bonds is 5. The van der Waals surface area contributed by atoms with Crippen LogP contribution in [0.25, 0.3) is 0 Å². The van der Waals surface area contributed by atoms with E-state index < -0.39 is 0 Å². The van der Waals surface area contributed by atoms with Crippen molar-refractivity contribution < 1.29 is 4.79 Å². The van der Waals surface area contributed by atoms with Crippen molar-refractivity contribution in [3.63, 3.8) is 0 Å². The summed E-state index contributed by atoms with van der Waals surface area (Å²) in [5, 5.41) is 0. The molecule has 0 spiro atoms. The number of piperidine rings is 1. The van der Waals surface area contributed by atoms with E-state index in [1.807, 2.05) is 4.90 Å². The zero-order chi connectivity index (χ0) is 14.6. The van der Waals surface area contributed by atoms with Crippen LogP contribution in [0.4, 0.5) is 0 Å². The van der Waals surface area contributed by atoms with Crippen LogP contribution in [0, 0.1) is 0 Å². The molecule has 1 rings (SSSR count). The molecule has 2 unspecified atom stereocenters. The van der Waals surface area contributed by atoms with E-state index in [1.165, 1.54) is 12.8 Å². The quantitative estimate of drug-likeness (QED) is 0.828. The fraction of sp³-hybridized carbons (Fsp3) is 0.933. The number of nitrogens with two attached hydrogens (primary N) is 1. The normalized spacial score (nSPS) is 22.8. The minimum atomic E-state index is 0.139. The Morgan fingerprint density at radius 1 is 1.21 bits per heavy atom. The van der Waals surface area contributed by atoms with Gasteiger partial charge in [-0.15, -0.1) is 0 Å². The first-order chi connectivity index (χ1) is 8.84. The highest BCUT2D eigenvalue weighted by atomic mass is 16.2. The van der Waals surface area contributed by atoms with Gasteiger partial charge < -0.3 is 10.6 Å². The van der Waals surface area contributed by atoms with E-state index in [4.69, 9.17) is 5.73 Å². The van der Waals surface area contributed by atoms with Gasteiger partial charge in [0.25, 0.3) is 0 Å². The van der Waals surface area contributed by atoms with Crippen LogP contribution in [-0.4, -0.2) is 53.0 Å². The standard InChI is InChI=1S/C15H31N3O/c1-11(2)18(12(3)4)15(19)10-17-9-7-6-8-14(17)13(5)16/h11-14H,6-10,16H2,1-5H3. The Hall–Kier alpha value is -0.610. The first-order valence-corrected chi connectivity index (χ1v) is 7.65. The molecule has 4 heteroatoms. The van der Waals surface area contributed by atoms with Gasteiger partial charge in [0, 0.05) is 24.2 Å². The maximum atomic E-state index is 12.5. The van der Waals surface area contributed by atoms with Crippen LogP contribution in [0.5, 0.6) is 0 Å². The smallest absolute Gasteiger partial charge is 0.237 e. The number of hydrogen-bond donors (Lipinski definition) is 1. The molecule has 1 saturated heterocycles. The second-order valence-corrected chi connectivity index (χ2v) is 6.38. The molecule has 1 fully saturated rings. The molecule has 0 aromatic rings. The highest BCUT2D eigenvalue weighted by Gasteiger charge is 2.29. The predicted octanol–water partition coefficient (Wildman–Crippen LogP) is 1.83. The van der Waals surface area contributed by atoms with Crippen LogP contribution in [0.1, 0.15) is 53.9 Å². The molecule has 0 saturated carbocycles. The highest BCUT2D eigenvalue weighted by Crippen LogP contribution is 2.19. The van der Waals surface area contributed by atoms with Crippen LogP contribution in [0.3, 0.4) is 0 Å². The van der Waals surface area contributed by atoms with Gasteiger partial charge in [-0.1, -0.05) is 6.42 Å². The number of amides is 1. The zero-order valence-corrected chi connectivity index (χ0v) is 13.2. The van der Waals surface area contributed by atoms with Gasteiger partial charge in [0.2, 0.25) is 5.91 Å². The van der Waals surface area contributed by atoms with Gasteiger partial charge in [-0.3, -0.25) is 9.69 Å². The molecule has 1 amide bonds. The van der Waals surface area contributed by atoms with Crippen molar-refractivity contribution in [1.29, 1.82) is 0 Å². The van der Waals surface area contributed by atoms with E-state index in [0.29, 0.717) is 12.6 Å². The summed E-state index contributed by atoms with van der Waals surface area (Å²) in [6.45, 7) is 11.9. The summed E-state index contributed by atoms with van der Waals surface area (Å²) in [5.41, 5.74) is 6.06. The van der Waals surface area contributed by atoms with Crippen molar-refractivity contribution in [2.24, 2.45) is 5.73 Å².